The number of fused-ring (bicyclic) bond motifs is 2. The van der Waals surface area contributed by atoms with Gasteiger partial charge in [-0.3, -0.25) is 9.79 Å². The number of benzene rings is 2. The second-order valence-electron chi connectivity index (χ2n) is 6.05. The van der Waals surface area contributed by atoms with Crippen LogP contribution in [0.3, 0.4) is 0 Å². The Balaban J connectivity index is 0.00000280. The van der Waals surface area contributed by atoms with E-state index in [0.29, 0.717) is 6.54 Å². The van der Waals surface area contributed by atoms with E-state index in [1.807, 2.05) is 48.5 Å². The Morgan fingerprint density at radius 1 is 1.11 bits per heavy atom. The molecule has 0 unspecified atom stereocenters. The first-order valence-corrected chi connectivity index (χ1v) is 10.00. The highest BCUT2D eigenvalue weighted by Crippen LogP contribution is 2.31. The van der Waals surface area contributed by atoms with Gasteiger partial charge in [0.15, 0.2) is 5.17 Å². The molecule has 5 nitrogen and oxygen atoms in total. The number of aliphatic imine (C=N–C) groups is 1. The maximum Gasteiger partial charge on any atom is 0.316 e. The fourth-order valence-corrected chi connectivity index (χ4v) is 3.46. The molecule has 2 aromatic carbocycles. The second-order valence-corrected chi connectivity index (χ2v) is 7.02. The highest BCUT2D eigenvalue weighted by atomic mass is 79.9. The predicted molar refractivity (Wildman–Crippen MR) is 125 cm³/mol. The molecule has 0 aliphatic heterocycles. The summed E-state index contributed by atoms with van der Waals surface area (Å²) >= 11 is 1.36. The molecule has 0 amide bonds. The number of carbonyl (C=O) groups excluding carboxylic acids is 1. The summed E-state index contributed by atoms with van der Waals surface area (Å²) in [6, 6.07) is 16.1. The van der Waals surface area contributed by atoms with Crippen LogP contribution >= 0.6 is 28.7 Å². The van der Waals surface area contributed by atoms with Crippen molar-refractivity contribution >= 4 is 67.4 Å². The number of amidine groups is 1. The minimum atomic E-state index is -0.269. The molecule has 0 radical (unpaired) electrons. The zero-order valence-electron chi connectivity index (χ0n) is 16.0. The van der Waals surface area contributed by atoms with E-state index in [4.69, 9.17) is 9.72 Å². The van der Waals surface area contributed by atoms with Gasteiger partial charge in [0.25, 0.3) is 0 Å². The van der Waals surface area contributed by atoms with Gasteiger partial charge in [-0.1, -0.05) is 61.5 Å². The number of ether oxygens (including phenoxy) is 1. The van der Waals surface area contributed by atoms with E-state index in [1.165, 1.54) is 18.9 Å². The molecule has 1 N–H and O–H groups in total. The number of para-hydroxylation sites is 2. The molecule has 1 heterocycles. The van der Waals surface area contributed by atoms with Crippen molar-refractivity contribution in [2.45, 2.75) is 19.8 Å². The smallest absolute Gasteiger partial charge is 0.316 e. The van der Waals surface area contributed by atoms with Gasteiger partial charge in [0.2, 0.25) is 0 Å². The van der Waals surface area contributed by atoms with E-state index in [2.05, 4.69) is 17.2 Å². The van der Waals surface area contributed by atoms with E-state index in [1.54, 1.807) is 0 Å². The second kappa shape index (κ2) is 11.0. The molecule has 1 aromatic heterocycles. The summed E-state index contributed by atoms with van der Waals surface area (Å²) in [4.78, 5) is 21.0. The number of nitrogens with one attached hydrogen (secondary N) is 1. The van der Waals surface area contributed by atoms with Gasteiger partial charge in [-0.2, -0.15) is 0 Å². The molecule has 3 rings (SSSR count). The highest BCUT2D eigenvalue weighted by molar-refractivity contribution is 8.93. The maximum absolute atomic E-state index is 11.6. The van der Waals surface area contributed by atoms with Crippen LogP contribution in [0.15, 0.2) is 53.5 Å². The Morgan fingerprint density at radius 3 is 2.29 bits per heavy atom. The van der Waals surface area contributed by atoms with E-state index >= 15 is 0 Å². The van der Waals surface area contributed by atoms with Gasteiger partial charge in [-0.05, 0) is 18.6 Å². The van der Waals surface area contributed by atoms with Crippen LogP contribution in [-0.4, -0.2) is 35.5 Å². The largest absolute Gasteiger partial charge is 0.468 e. The molecule has 148 valence electrons. The van der Waals surface area contributed by atoms with Crippen LogP contribution < -0.4 is 5.32 Å². The van der Waals surface area contributed by atoms with Crippen molar-refractivity contribution < 1.29 is 9.53 Å². The van der Waals surface area contributed by atoms with Crippen LogP contribution in [0.4, 0.5) is 5.69 Å². The number of rotatable bonds is 6. The first-order valence-electron chi connectivity index (χ1n) is 9.01. The quantitative estimate of drug-likeness (QED) is 0.174. The number of aromatic nitrogens is 1. The Morgan fingerprint density at radius 2 is 1.71 bits per heavy atom. The number of esters is 1. The van der Waals surface area contributed by atoms with Crippen LogP contribution in [0.5, 0.6) is 0 Å². The maximum atomic E-state index is 11.6. The lowest BCUT2D eigenvalue weighted by Crippen LogP contribution is -2.14. The van der Waals surface area contributed by atoms with E-state index in [0.717, 1.165) is 45.5 Å². The van der Waals surface area contributed by atoms with Crippen molar-refractivity contribution in [3.63, 3.8) is 0 Å². The molecule has 0 saturated heterocycles. The fraction of sp³-hybridized carbons (Fsp3) is 0.286. The summed E-state index contributed by atoms with van der Waals surface area (Å²) in [5.41, 5.74) is 2.80. The molecule has 0 bridgehead atoms. The third-order valence-corrected chi connectivity index (χ3v) is 5.03. The molecule has 0 spiro atoms. The van der Waals surface area contributed by atoms with Crippen LogP contribution in [0.1, 0.15) is 19.8 Å². The number of pyridine rings is 1. The first kappa shape index (κ1) is 22.2. The summed E-state index contributed by atoms with van der Waals surface area (Å²) in [6.45, 7) is 2.85. The Bertz CT molecular complexity index is 924. The molecule has 0 aliphatic carbocycles. The third-order valence-electron chi connectivity index (χ3n) is 4.14. The molecule has 0 aliphatic rings. The fourth-order valence-electron chi connectivity index (χ4n) is 2.73. The molecule has 0 atom stereocenters. The number of thioether (sulfide) groups is 1. The van der Waals surface area contributed by atoms with Crippen molar-refractivity contribution in [3.05, 3.63) is 48.5 Å². The average Bonchev–Trinajstić information content (AvgIpc) is 2.71. The average molecular weight is 462 g/mol. The standard InChI is InChI=1S/C21H23N3O2S.BrH/c1-3-4-13-22-21(27-14-19(25)26-2)24-20-15-9-5-7-11-17(15)23-18-12-8-6-10-16(18)20;/h5-12H,3-4,13-14H2,1-2H3,(H,22,23,24);1H. The molecule has 3 aromatic rings. The van der Waals surface area contributed by atoms with Crippen molar-refractivity contribution in [1.29, 1.82) is 0 Å². The van der Waals surface area contributed by atoms with Crippen LogP contribution in [0, 0.1) is 0 Å². The summed E-state index contributed by atoms with van der Waals surface area (Å²) in [6.07, 6.45) is 2.07. The number of hydrogen-bond donors (Lipinski definition) is 1. The molecule has 28 heavy (non-hydrogen) atoms. The topological polar surface area (TPSA) is 63.6 Å². The SMILES string of the molecule is Br.CCCCN=C(Nc1c2ccccc2nc2ccccc12)SCC(=O)OC. The van der Waals surface area contributed by atoms with Gasteiger partial charge in [0.1, 0.15) is 0 Å². The normalized spacial score (nSPS) is 11.3. The Kier molecular flexibility index (Phi) is 8.73. The van der Waals surface area contributed by atoms with E-state index in [9.17, 15) is 4.79 Å². The van der Waals surface area contributed by atoms with Crippen LogP contribution in [-0.2, 0) is 9.53 Å². The monoisotopic (exact) mass is 461 g/mol. The van der Waals surface area contributed by atoms with Crippen LogP contribution in [0.2, 0.25) is 0 Å². The summed E-state index contributed by atoms with van der Waals surface area (Å²) in [5, 5.41) is 6.24. The lowest BCUT2D eigenvalue weighted by Gasteiger charge is -2.14. The number of anilines is 1. The minimum absolute atomic E-state index is 0. The molecule has 7 heteroatoms. The Hall–Kier alpha value is -2.12. The lowest BCUT2D eigenvalue weighted by molar-refractivity contribution is -0.137. The predicted octanol–water partition coefficient (Wildman–Crippen LogP) is 5.44. The number of halogens is 1. The summed E-state index contributed by atoms with van der Waals surface area (Å²) < 4.78 is 4.76. The van der Waals surface area contributed by atoms with Gasteiger partial charge in [-0.15, -0.1) is 17.0 Å². The molecular weight excluding hydrogens is 438 g/mol. The van der Waals surface area contributed by atoms with Crippen molar-refractivity contribution in [2.75, 3.05) is 24.7 Å². The number of nitrogens with zero attached hydrogens (tertiary/aromatic N) is 2. The van der Waals surface area contributed by atoms with Crippen molar-refractivity contribution in [3.8, 4) is 0 Å². The zero-order valence-corrected chi connectivity index (χ0v) is 18.5. The molecular formula is C21H24BrN3O2S. The van der Waals surface area contributed by atoms with Crippen molar-refractivity contribution in [1.82, 2.24) is 4.98 Å². The Labute approximate surface area is 179 Å². The lowest BCUT2D eigenvalue weighted by atomic mass is 10.1. The third kappa shape index (κ3) is 5.45. The first-order chi connectivity index (χ1) is 13.2. The van der Waals surface area contributed by atoms with E-state index in [-0.39, 0.29) is 28.7 Å². The zero-order chi connectivity index (χ0) is 19.1. The van der Waals surface area contributed by atoms with Gasteiger partial charge in [-0.25, -0.2) is 4.98 Å². The number of hydrogen-bond acceptors (Lipinski definition) is 5. The number of unbranched alkanes of at least 4 members (excludes halogenated alkanes) is 1. The minimum Gasteiger partial charge on any atom is -0.468 e. The molecule has 0 fully saturated rings. The van der Waals surface area contributed by atoms with Gasteiger partial charge < -0.3 is 10.1 Å². The number of carbonyl (C=O) groups is 1. The van der Waals surface area contributed by atoms with Gasteiger partial charge in [0, 0.05) is 17.3 Å². The van der Waals surface area contributed by atoms with Crippen LogP contribution in [0.25, 0.3) is 21.8 Å². The van der Waals surface area contributed by atoms with Crippen molar-refractivity contribution in [2.24, 2.45) is 4.99 Å². The number of methoxy groups -OCH3 is 1. The highest BCUT2D eigenvalue weighted by Gasteiger charge is 2.12. The van der Waals surface area contributed by atoms with E-state index < -0.39 is 0 Å². The molecule has 0 saturated carbocycles. The van der Waals surface area contributed by atoms with Gasteiger partial charge in [0.05, 0.1) is 29.6 Å². The van der Waals surface area contributed by atoms with Gasteiger partial charge >= 0.3 is 5.97 Å². The summed E-state index contributed by atoms with van der Waals surface area (Å²) in [7, 11) is 1.40. The summed E-state index contributed by atoms with van der Waals surface area (Å²) in [5.74, 6) is -0.0514.